The molecular weight excluding hydrogens is 356 g/mol. The molecule has 0 aliphatic carbocycles. The first-order valence-electron chi connectivity index (χ1n) is 9.24. The Labute approximate surface area is 162 Å². The summed E-state index contributed by atoms with van der Waals surface area (Å²) in [6, 6.07) is 9.93. The number of aromatic amines is 1. The van der Waals surface area contributed by atoms with Crippen molar-refractivity contribution in [2.45, 2.75) is 33.2 Å². The van der Waals surface area contributed by atoms with E-state index in [1.54, 1.807) is 11.6 Å². The molecule has 3 aromatic rings. The van der Waals surface area contributed by atoms with Gasteiger partial charge in [-0.2, -0.15) is 10.1 Å². The van der Waals surface area contributed by atoms with Crippen LogP contribution in [0.25, 0.3) is 17.2 Å². The molecule has 0 amide bonds. The van der Waals surface area contributed by atoms with Crippen LogP contribution >= 0.6 is 0 Å². The summed E-state index contributed by atoms with van der Waals surface area (Å²) >= 11 is 0. The third-order valence-electron chi connectivity index (χ3n) is 4.39. The lowest BCUT2D eigenvalue weighted by Crippen LogP contribution is -2.29. The largest absolute Gasteiger partial charge is 0.329 e. The molecule has 0 bridgehead atoms. The van der Waals surface area contributed by atoms with Gasteiger partial charge in [0.1, 0.15) is 0 Å². The van der Waals surface area contributed by atoms with Crippen LogP contribution in [-0.2, 0) is 13.6 Å². The van der Waals surface area contributed by atoms with Crippen LogP contribution in [0.3, 0.4) is 0 Å². The van der Waals surface area contributed by atoms with Gasteiger partial charge in [-0.1, -0.05) is 49.8 Å². The predicted molar refractivity (Wildman–Crippen MR) is 113 cm³/mol. The summed E-state index contributed by atoms with van der Waals surface area (Å²) in [6.07, 6.45) is 5.70. The lowest BCUT2D eigenvalue weighted by molar-refractivity contribution is 0.647. The van der Waals surface area contributed by atoms with Crippen LogP contribution in [0.2, 0.25) is 0 Å². The van der Waals surface area contributed by atoms with Crippen LogP contribution in [0, 0.1) is 0 Å². The number of anilines is 1. The third kappa shape index (κ3) is 4.11. The Morgan fingerprint density at radius 2 is 2.04 bits per heavy atom. The first kappa shape index (κ1) is 19.3. The summed E-state index contributed by atoms with van der Waals surface area (Å²) in [6.45, 7) is 4.54. The minimum atomic E-state index is -0.491. The lowest BCUT2D eigenvalue weighted by Gasteiger charge is -2.07. The number of rotatable bonds is 7. The fourth-order valence-corrected chi connectivity index (χ4v) is 2.81. The highest BCUT2D eigenvalue weighted by Gasteiger charge is 2.16. The van der Waals surface area contributed by atoms with Crippen molar-refractivity contribution in [3.63, 3.8) is 0 Å². The number of H-pyrrole nitrogens is 1. The molecule has 3 rings (SSSR count). The highest BCUT2D eigenvalue weighted by atomic mass is 16.2. The summed E-state index contributed by atoms with van der Waals surface area (Å²) in [7, 11) is 1.58. The van der Waals surface area contributed by atoms with Crippen LogP contribution in [0.15, 0.2) is 51.1 Å². The van der Waals surface area contributed by atoms with Crippen LogP contribution in [0.4, 0.5) is 5.95 Å². The second-order valence-corrected chi connectivity index (χ2v) is 6.54. The van der Waals surface area contributed by atoms with Crippen LogP contribution in [-0.4, -0.2) is 24.8 Å². The second kappa shape index (κ2) is 8.51. The zero-order valence-electron chi connectivity index (χ0n) is 16.3. The number of allylic oxidation sites excluding steroid dienone is 1. The highest BCUT2D eigenvalue weighted by Crippen LogP contribution is 2.16. The molecule has 0 aliphatic rings. The van der Waals surface area contributed by atoms with E-state index in [9.17, 15) is 9.59 Å². The molecular formula is C20H24N6O2. The average Bonchev–Trinajstić information content (AvgIpc) is 3.07. The Balaban J connectivity index is 1.94. The number of nitrogens with one attached hydrogen (secondary N) is 2. The molecule has 8 nitrogen and oxygen atoms in total. The van der Waals surface area contributed by atoms with E-state index in [1.165, 1.54) is 4.57 Å². The Bertz CT molecular complexity index is 1140. The van der Waals surface area contributed by atoms with Crippen LogP contribution < -0.4 is 16.7 Å². The maximum Gasteiger partial charge on any atom is 0.329 e. The summed E-state index contributed by atoms with van der Waals surface area (Å²) in [5.74, 6) is 0.433. The SMILES string of the molecule is CCCCn1c(N/N=C(C)\C=C\c2ccccc2)nc2c1c(=O)[nH]c(=O)n2C. The van der Waals surface area contributed by atoms with Crippen molar-refractivity contribution >= 4 is 28.9 Å². The fraction of sp³-hybridized carbons (Fsp3) is 0.300. The van der Waals surface area contributed by atoms with Crippen molar-refractivity contribution in [1.82, 2.24) is 19.1 Å². The number of benzene rings is 1. The smallest absolute Gasteiger partial charge is 0.303 e. The predicted octanol–water partition coefficient (Wildman–Crippen LogP) is 2.72. The van der Waals surface area contributed by atoms with Gasteiger partial charge in [0.25, 0.3) is 5.56 Å². The Hall–Kier alpha value is -3.42. The number of hydrogen-bond donors (Lipinski definition) is 2. The monoisotopic (exact) mass is 380 g/mol. The Morgan fingerprint density at radius 3 is 2.75 bits per heavy atom. The molecule has 1 aromatic carbocycles. The van der Waals surface area contributed by atoms with Crippen LogP contribution in [0.1, 0.15) is 32.3 Å². The second-order valence-electron chi connectivity index (χ2n) is 6.54. The number of fused-ring (bicyclic) bond motifs is 1. The molecule has 2 aromatic heterocycles. The van der Waals surface area contributed by atoms with Gasteiger partial charge in [-0.15, -0.1) is 0 Å². The van der Waals surface area contributed by atoms with Gasteiger partial charge >= 0.3 is 5.69 Å². The zero-order chi connectivity index (χ0) is 20.1. The van der Waals surface area contributed by atoms with E-state index in [0.29, 0.717) is 23.7 Å². The first-order valence-corrected chi connectivity index (χ1v) is 9.24. The summed E-state index contributed by atoms with van der Waals surface area (Å²) in [5, 5.41) is 4.35. The van der Waals surface area contributed by atoms with Gasteiger partial charge in [0.2, 0.25) is 5.95 Å². The standard InChI is InChI=1S/C20H24N6O2/c1-4-5-13-26-16-17(25(3)20(28)22-18(16)27)21-19(26)24-23-14(2)11-12-15-9-7-6-8-10-15/h6-12H,4-5,13H2,1-3H3,(H,21,24)(H,22,27,28)/b12-11+,23-14-. The number of imidazole rings is 1. The van der Waals surface area contributed by atoms with E-state index < -0.39 is 11.2 Å². The van der Waals surface area contributed by atoms with Crippen molar-refractivity contribution in [2.24, 2.45) is 12.1 Å². The molecule has 0 unspecified atom stereocenters. The van der Waals surface area contributed by atoms with Crippen molar-refractivity contribution < 1.29 is 0 Å². The van der Waals surface area contributed by atoms with Crippen molar-refractivity contribution in [3.8, 4) is 0 Å². The Kier molecular flexibility index (Phi) is 5.88. The number of aromatic nitrogens is 4. The maximum atomic E-state index is 12.3. The van der Waals surface area contributed by atoms with E-state index in [2.05, 4.69) is 27.4 Å². The van der Waals surface area contributed by atoms with Crippen molar-refractivity contribution in [1.29, 1.82) is 0 Å². The third-order valence-corrected chi connectivity index (χ3v) is 4.39. The van der Waals surface area contributed by atoms with E-state index in [-0.39, 0.29) is 0 Å². The molecule has 0 atom stereocenters. The molecule has 2 N–H and O–H groups in total. The van der Waals surface area contributed by atoms with Gasteiger partial charge < -0.3 is 4.57 Å². The molecule has 0 saturated carbocycles. The van der Waals surface area contributed by atoms with Gasteiger partial charge in [0.15, 0.2) is 11.2 Å². The number of nitrogens with zero attached hydrogens (tertiary/aromatic N) is 4. The topological polar surface area (TPSA) is 97.1 Å². The average molecular weight is 380 g/mol. The molecule has 146 valence electrons. The van der Waals surface area contributed by atoms with E-state index in [0.717, 1.165) is 24.1 Å². The van der Waals surface area contributed by atoms with Gasteiger partial charge in [-0.25, -0.2) is 10.2 Å². The first-order chi connectivity index (χ1) is 13.5. The molecule has 8 heteroatoms. The molecule has 0 aliphatic heterocycles. The van der Waals surface area contributed by atoms with E-state index in [1.807, 2.05) is 49.4 Å². The van der Waals surface area contributed by atoms with Crippen LogP contribution in [0.5, 0.6) is 0 Å². The van der Waals surface area contributed by atoms with E-state index in [4.69, 9.17) is 0 Å². The van der Waals surface area contributed by atoms with Gasteiger partial charge in [-0.3, -0.25) is 14.3 Å². The summed E-state index contributed by atoms with van der Waals surface area (Å²) < 4.78 is 3.10. The van der Waals surface area contributed by atoms with Crippen molar-refractivity contribution in [2.75, 3.05) is 5.43 Å². The molecule has 0 saturated heterocycles. The summed E-state index contributed by atoms with van der Waals surface area (Å²) in [4.78, 5) is 31.0. The fourth-order valence-electron chi connectivity index (χ4n) is 2.81. The normalized spacial score (nSPS) is 12.2. The Morgan fingerprint density at radius 1 is 1.29 bits per heavy atom. The van der Waals surface area contributed by atoms with Crippen molar-refractivity contribution in [3.05, 3.63) is 62.8 Å². The van der Waals surface area contributed by atoms with Gasteiger partial charge in [0, 0.05) is 13.6 Å². The highest BCUT2D eigenvalue weighted by molar-refractivity contribution is 5.96. The molecule has 2 heterocycles. The van der Waals surface area contributed by atoms with E-state index >= 15 is 0 Å². The number of hydrazone groups is 1. The number of aryl methyl sites for hydroxylation is 2. The number of unbranched alkanes of at least 4 members (excludes halogenated alkanes) is 1. The molecule has 0 fully saturated rings. The molecule has 0 radical (unpaired) electrons. The zero-order valence-corrected chi connectivity index (χ0v) is 16.3. The minimum Gasteiger partial charge on any atom is -0.303 e. The number of hydrogen-bond acceptors (Lipinski definition) is 5. The van der Waals surface area contributed by atoms with Gasteiger partial charge in [-0.05, 0) is 25.0 Å². The summed E-state index contributed by atoms with van der Waals surface area (Å²) in [5.41, 5.74) is 4.53. The molecule has 0 spiro atoms. The van der Waals surface area contributed by atoms with Gasteiger partial charge in [0.05, 0.1) is 5.71 Å². The quantitative estimate of drug-likeness (QED) is 0.486. The minimum absolute atomic E-state index is 0.333. The lowest BCUT2D eigenvalue weighted by atomic mass is 10.2. The maximum absolute atomic E-state index is 12.3. The molecule has 28 heavy (non-hydrogen) atoms.